The summed E-state index contributed by atoms with van der Waals surface area (Å²) in [6.07, 6.45) is 0.429. The molecular formula is C19H15FN2O6. The molecule has 1 saturated heterocycles. The summed E-state index contributed by atoms with van der Waals surface area (Å²) in [6.45, 7) is 0. The summed E-state index contributed by atoms with van der Waals surface area (Å²) < 4.78 is 24.4. The Balaban J connectivity index is 1.68. The first-order valence-electron chi connectivity index (χ1n) is 8.11. The normalized spacial score (nSPS) is 15.9. The number of hydrogen-bond donors (Lipinski definition) is 3. The molecule has 9 heteroatoms. The highest BCUT2D eigenvalue weighted by Crippen LogP contribution is 2.25. The quantitative estimate of drug-likeness (QED) is 0.649. The molecule has 0 bridgehead atoms. The number of benzene rings is 2. The van der Waals surface area contributed by atoms with Gasteiger partial charge in [0.05, 0.1) is 0 Å². The standard InChI is InChI=1S/C19H15FN2O6/c20-14-9-13(6-3-11(14)8-15(21)18(24)25)27-12-4-1-10(2-5-12)7-16-17(23)22-19(26)28-16/h1-7,9,15H,8,21H2,(H,24,25)(H,22,23,26)/b16-7-. The molecule has 1 unspecified atom stereocenters. The number of rotatable bonds is 6. The summed E-state index contributed by atoms with van der Waals surface area (Å²) in [4.78, 5) is 33.2. The highest BCUT2D eigenvalue weighted by Gasteiger charge is 2.25. The summed E-state index contributed by atoms with van der Waals surface area (Å²) in [5.41, 5.74) is 6.18. The summed E-state index contributed by atoms with van der Waals surface area (Å²) in [5, 5.41) is 10.8. The van der Waals surface area contributed by atoms with Crippen molar-refractivity contribution in [2.45, 2.75) is 12.5 Å². The maximum Gasteiger partial charge on any atom is 0.419 e. The van der Waals surface area contributed by atoms with Crippen LogP contribution in [-0.2, 0) is 20.7 Å². The Morgan fingerprint density at radius 2 is 1.89 bits per heavy atom. The van der Waals surface area contributed by atoms with Crippen molar-refractivity contribution < 1.29 is 33.4 Å². The van der Waals surface area contributed by atoms with Gasteiger partial charge in [0.2, 0.25) is 0 Å². The molecule has 2 amide bonds. The highest BCUT2D eigenvalue weighted by atomic mass is 19.1. The van der Waals surface area contributed by atoms with Crippen LogP contribution in [0.4, 0.5) is 9.18 Å². The first-order chi connectivity index (χ1) is 13.3. The van der Waals surface area contributed by atoms with E-state index in [1.54, 1.807) is 24.3 Å². The van der Waals surface area contributed by atoms with Gasteiger partial charge in [0.15, 0.2) is 5.76 Å². The van der Waals surface area contributed by atoms with E-state index in [0.29, 0.717) is 11.3 Å². The number of ether oxygens (including phenoxy) is 2. The number of aliphatic carboxylic acids is 1. The van der Waals surface area contributed by atoms with Gasteiger partial charge in [-0.3, -0.25) is 14.9 Å². The zero-order chi connectivity index (χ0) is 20.3. The van der Waals surface area contributed by atoms with Crippen molar-refractivity contribution in [2.75, 3.05) is 0 Å². The Bertz CT molecular complexity index is 971. The molecule has 2 aromatic rings. The second-order valence-corrected chi connectivity index (χ2v) is 5.93. The molecular weight excluding hydrogens is 371 g/mol. The number of halogens is 1. The number of imide groups is 1. The van der Waals surface area contributed by atoms with Crippen LogP contribution < -0.4 is 15.8 Å². The predicted octanol–water partition coefficient (Wildman–Crippen LogP) is 2.18. The Kier molecular flexibility index (Phi) is 5.37. The molecule has 1 aliphatic heterocycles. The fourth-order valence-electron chi connectivity index (χ4n) is 2.42. The van der Waals surface area contributed by atoms with E-state index >= 15 is 0 Å². The number of carboxylic acid groups (broad SMARTS) is 1. The van der Waals surface area contributed by atoms with Gasteiger partial charge in [-0.1, -0.05) is 18.2 Å². The van der Waals surface area contributed by atoms with Crippen molar-refractivity contribution in [2.24, 2.45) is 5.73 Å². The molecule has 3 rings (SSSR count). The first-order valence-corrected chi connectivity index (χ1v) is 8.11. The number of alkyl carbamates (subject to hydrolysis) is 1. The molecule has 0 aliphatic carbocycles. The lowest BCUT2D eigenvalue weighted by atomic mass is 10.1. The Morgan fingerprint density at radius 1 is 1.21 bits per heavy atom. The molecule has 0 aromatic heterocycles. The first kappa shape index (κ1) is 19.1. The minimum atomic E-state index is -1.21. The molecule has 144 valence electrons. The zero-order valence-corrected chi connectivity index (χ0v) is 14.3. The number of hydrogen-bond acceptors (Lipinski definition) is 6. The van der Waals surface area contributed by atoms with E-state index in [1.165, 1.54) is 18.2 Å². The summed E-state index contributed by atoms with van der Waals surface area (Å²) in [6, 6.07) is 9.30. The lowest BCUT2D eigenvalue weighted by molar-refractivity contribution is -0.138. The zero-order valence-electron chi connectivity index (χ0n) is 14.3. The summed E-state index contributed by atoms with van der Waals surface area (Å²) in [7, 11) is 0. The van der Waals surface area contributed by atoms with Crippen LogP contribution >= 0.6 is 0 Å². The van der Waals surface area contributed by atoms with E-state index in [9.17, 15) is 18.8 Å². The van der Waals surface area contributed by atoms with Crippen molar-refractivity contribution in [3.05, 3.63) is 65.2 Å². The van der Waals surface area contributed by atoms with Gasteiger partial charge in [-0.05, 0) is 35.4 Å². The second-order valence-electron chi connectivity index (χ2n) is 5.93. The molecule has 1 fully saturated rings. The SMILES string of the molecule is NC(Cc1ccc(Oc2ccc(/C=C3\OC(=O)NC3=O)cc2)cc1F)C(=O)O. The van der Waals surface area contributed by atoms with Crippen LogP contribution in [0.2, 0.25) is 0 Å². The average Bonchev–Trinajstić information content (AvgIpc) is 2.96. The van der Waals surface area contributed by atoms with E-state index < -0.39 is 29.8 Å². The molecule has 4 N–H and O–H groups in total. The van der Waals surface area contributed by atoms with Crippen molar-refractivity contribution in [3.8, 4) is 11.5 Å². The van der Waals surface area contributed by atoms with Gasteiger partial charge in [-0.25, -0.2) is 9.18 Å². The van der Waals surface area contributed by atoms with E-state index in [-0.39, 0.29) is 23.5 Å². The van der Waals surface area contributed by atoms with E-state index in [1.807, 2.05) is 5.32 Å². The number of cyclic esters (lactones) is 1. The minimum Gasteiger partial charge on any atom is -0.480 e. The van der Waals surface area contributed by atoms with E-state index in [0.717, 1.165) is 6.07 Å². The lowest BCUT2D eigenvalue weighted by Gasteiger charge is -2.10. The van der Waals surface area contributed by atoms with Gasteiger partial charge in [0, 0.05) is 12.5 Å². The van der Waals surface area contributed by atoms with Gasteiger partial charge >= 0.3 is 12.1 Å². The molecule has 0 radical (unpaired) electrons. The molecule has 8 nitrogen and oxygen atoms in total. The molecule has 1 aliphatic rings. The van der Waals surface area contributed by atoms with Crippen molar-refractivity contribution in [3.63, 3.8) is 0 Å². The second kappa shape index (κ2) is 7.89. The maximum absolute atomic E-state index is 14.1. The van der Waals surface area contributed by atoms with Crippen molar-refractivity contribution >= 4 is 24.0 Å². The van der Waals surface area contributed by atoms with Crippen LogP contribution in [0.5, 0.6) is 11.5 Å². The lowest BCUT2D eigenvalue weighted by Crippen LogP contribution is -2.32. The molecule has 1 atom stereocenters. The van der Waals surface area contributed by atoms with Crippen molar-refractivity contribution in [1.29, 1.82) is 0 Å². The fraction of sp³-hybridized carbons (Fsp3) is 0.105. The fourth-order valence-corrected chi connectivity index (χ4v) is 2.42. The monoisotopic (exact) mass is 386 g/mol. The number of carboxylic acids is 1. The third kappa shape index (κ3) is 4.51. The maximum atomic E-state index is 14.1. The molecule has 0 saturated carbocycles. The van der Waals surface area contributed by atoms with Crippen LogP contribution in [0.1, 0.15) is 11.1 Å². The topological polar surface area (TPSA) is 128 Å². The van der Waals surface area contributed by atoms with Gasteiger partial charge in [-0.15, -0.1) is 0 Å². The van der Waals surface area contributed by atoms with E-state index in [2.05, 4.69) is 0 Å². The molecule has 1 heterocycles. The van der Waals surface area contributed by atoms with Crippen LogP contribution in [0.3, 0.4) is 0 Å². The van der Waals surface area contributed by atoms with Crippen LogP contribution in [-0.4, -0.2) is 29.1 Å². The number of nitrogens with two attached hydrogens (primary N) is 1. The largest absolute Gasteiger partial charge is 0.480 e. The highest BCUT2D eigenvalue weighted by molar-refractivity contribution is 6.09. The van der Waals surface area contributed by atoms with E-state index in [4.69, 9.17) is 20.3 Å². The average molecular weight is 386 g/mol. The smallest absolute Gasteiger partial charge is 0.419 e. The van der Waals surface area contributed by atoms with Crippen LogP contribution in [0.15, 0.2) is 48.2 Å². The molecule has 0 spiro atoms. The van der Waals surface area contributed by atoms with Gasteiger partial charge in [-0.2, -0.15) is 0 Å². The minimum absolute atomic E-state index is 0.115. The number of carbonyl (C=O) groups excluding carboxylic acids is 2. The predicted molar refractivity (Wildman–Crippen MR) is 94.8 cm³/mol. The molecule has 2 aromatic carbocycles. The number of amides is 2. The Morgan fingerprint density at radius 3 is 2.46 bits per heavy atom. The Hall–Kier alpha value is -3.72. The Labute approximate surface area is 158 Å². The van der Waals surface area contributed by atoms with Gasteiger partial charge < -0.3 is 20.3 Å². The van der Waals surface area contributed by atoms with Gasteiger partial charge in [0.25, 0.3) is 5.91 Å². The summed E-state index contributed by atoms with van der Waals surface area (Å²) in [5.74, 6) is -1.94. The van der Waals surface area contributed by atoms with Crippen molar-refractivity contribution in [1.82, 2.24) is 5.32 Å². The third-order valence-electron chi connectivity index (χ3n) is 3.84. The number of carbonyl (C=O) groups is 3. The third-order valence-corrected chi connectivity index (χ3v) is 3.84. The van der Waals surface area contributed by atoms with Gasteiger partial charge in [0.1, 0.15) is 23.4 Å². The summed E-state index contributed by atoms with van der Waals surface area (Å²) >= 11 is 0. The van der Waals surface area contributed by atoms with Crippen LogP contribution in [0, 0.1) is 5.82 Å². The number of nitrogens with one attached hydrogen (secondary N) is 1. The van der Waals surface area contributed by atoms with Crippen LogP contribution in [0.25, 0.3) is 6.08 Å². The molecule has 28 heavy (non-hydrogen) atoms.